The molecule has 0 radical (unpaired) electrons. The van der Waals surface area contributed by atoms with Crippen molar-refractivity contribution in [3.63, 3.8) is 0 Å². The summed E-state index contributed by atoms with van der Waals surface area (Å²) in [6.45, 7) is 3.27. The summed E-state index contributed by atoms with van der Waals surface area (Å²) in [5, 5.41) is 0. The fourth-order valence-corrected chi connectivity index (χ4v) is 4.37. The molecule has 3 rings (SSSR count). The van der Waals surface area contributed by atoms with Crippen LogP contribution in [0.5, 0.6) is 0 Å². The summed E-state index contributed by atoms with van der Waals surface area (Å²) < 4.78 is 70.7. The second-order valence-electron chi connectivity index (χ2n) is 6.95. The molecule has 29 heavy (non-hydrogen) atoms. The zero-order chi connectivity index (χ0) is 21.1. The van der Waals surface area contributed by atoms with Gasteiger partial charge in [0.1, 0.15) is 0 Å². The largest absolute Gasteiger partial charge is 0.416 e. The molecule has 0 fully saturated rings. The van der Waals surface area contributed by atoms with Gasteiger partial charge in [-0.2, -0.15) is 13.2 Å². The summed E-state index contributed by atoms with van der Waals surface area (Å²) in [6.07, 6.45) is -2.86. The average Bonchev–Trinajstić information content (AvgIpc) is 2.87. The molecule has 0 saturated carbocycles. The van der Waals surface area contributed by atoms with E-state index in [1.807, 2.05) is 6.07 Å². The number of hydrogen-bond acceptors (Lipinski definition) is 4. The minimum Gasteiger partial charge on any atom is -0.383 e. The molecule has 0 amide bonds. The number of nitrogens with zero attached hydrogens (tertiary/aromatic N) is 1. The van der Waals surface area contributed by atoms with Crippen molar-refractivity contribution in [3.05, 3.63) is 59.2 Å². The molecule has 0 unspecified atom stereocenters. The number of anilines is 1. The van der Waals surface area contributed by atoms with Crippen molar-refractivity contribution >= 4 is 15.7 Å². The van der Waals surface area contributed by atoms with Gasteiger partial charge in [-0.15, -0.1) is 0 Å². The van der Waals surface area contributed by atoms with Crippen LogP contribution in [0.15, 0.2) is 47.4 Å². The molecule has 2 aromatic carbocycles. The molecular weight excluding hydrogens is 405 g/mol. The lowest BCUT2D eigenvalue weighted by Crippen LogP contribution is -2.29. The number of alkyl halides is 3. The van der Waals surface area contributed by atoms with Crippen LogP contribution in [-0.4, -0.2) is 46.7 Å². The molecule has 1 aliphatic heterocycles. The van der Waals surface area contributed by atoms with Crippen molar-refractivity contribution < 1.29 is 26.3 Å². The third-order valence-electron chi connectivity index (χ3n) is 4.96. The van der Waals surface area contributed by atoms with Crippen LogP contribution in [0.3, 0.4) is 0 Å². The van der Waals surface area contributed by atoms with E-state index in [-0.39, 0.29) is 4.90 Å². The van der Waals surface area contributed by atoms with Gasteiger partial charge in [0.15, 0.2) is 0 Å². The Bertz CT molecular complexity index is 944. The first kappa shape index (κ1) is 21.6. The molecule has 2 aromatic rings. The Morgan fingerprint density at radius 3 is 2.31 bits per heavy atom. The Kier molecular flexibility index (Phi) is 6.50. The molecule has 1 aliphatic rings. The van der Waals surface area contributed by atoms with Crippen molar-refractivity contribution in [1.82, 2.24) is 4.90 Å². The number of benzene rings is 2. The van der Waals surface area contributed by atoms with Gasteiger partial charge < -0.3 is 9.64 Å². The minimum atomic E-state index is -4.51. The predicted octanol–water partition coefficient (Wildman–Crippen LogP) is 3.55. The first-order valence-corrected chi connectivity index (χ1v) is 10.7. The van der Waals surface area contributed by atoms with E-state index in [0.717, 1.165) is 62.3 Å². The Balaban J connectivity index is 1.73. The Labute approximate surface area is 168 Å². The van der Waals surface area contributed by atoms with Crippen molar-refractivity contribution in [2.75, 3.05) is 38.1 Å². The summed E-state index contributed by atoms with van der Waals surface area (Å²) in [5.41, 5.74) is 1.74. The first-order valence-electron chi connectivity index (χ1n) is 9.22. The van der Waals surface area contributed by atoms with Gasteiger partial charge in [0.25, 0.3) is 10.0 Å². The third-order valence-corrected chi connectivity index (χ3v) is 6.35. The number of ether oxygens (including phenoxy) is 1. The van der Waals surface area contributed by atoms with Crippen LogP contribution in [0.2, 0.25) is 0 Å². The van der Waals surface area contributed by atoms with E-state index in [0.29, 0.717) is 12.3 Å². The summed E-state index contributed by atoms with van der Waals surface area (Å²) in [5.74, 6) is 0. The standard InChI is InChI=1S/C20H23F3N2O3S/c1-28-13-12-25-10-8-15-2-5-18(14-16(15)9-11-25)24-29(26,27)19-6-3-17(4-7-19)20(21,22)23/h2-7,14,24H,8-13H2,1H3. The molecule has 0 aromatic heterocycles. The van der Waals surface area contributed by atoms with Gasteiger partial charge in [-0.1, -0.05) is 6.07 Å². The molecule has 0 bridgehead atoms. The molecular formula is C20H23F3N2O3S. The SMILES string of the molecule is COCCN1CCc2ccc(NS(=O)(=O)c3ccc(C(F)(F)F)cc3)cc2CC1. The minimum absolute atomic E-state index is 0.216. The van der Waals surface area contributed by atoms with Gasteiger partial charge in [0.05, 0.1) is 17.1 Å². The quantitative estimate of drug-likeness (QED) is 0.765. The monoisotopic (exact) mass is 428 g/mol. The van der Waals surface area contributed by atoms with Crippen LogP contribution < -0.4 is 4.72 Å². The lowest BCUT2D eigenvalue weighted by Gasteiger charge is -2.18. The van der Waals surface area contributed by atoms with Gasteiger partial charge in [-0.3, -0.25) is 4.72 Å². The molecule has 0 aliphatic carbocycles. The molecule has 9 heteroatoms. The smallest absolute Gasteiger partial charge is 0.383 e. The normalized spacial score (nSPS) is 15.6. The number of rotatable bonds is 6. The summed E-state index contributed by atoms with van der Waals surface area (Å²) in [4.78, 5) is 2.08. The van der Waals surface area contributed by atoms with E-state index in [1.165, 1.54) is 5.56 Å². The van der Waals surface area contributed by atoms with Gasteiger partial charge in [0, 0.05) is 32.4 Å². The van der Waals surface area contributed by atoms with Gasteiger partial charge in [-0.25, -0.2) is 8.42 Å². The summed E-state index contributed by atoms with van der Waals surface area (Å²) >= 11 is 0. The predicted molar refractivity (Wildman–Crippen MR) is 104 cm³/mol. The molecule has 0 atom stereocenters. The molecule has 158 valence electrons. The lowest BCUT2D eigenvalue weighted by atomic mass is 10.0. The van der Waals surface area contributed by atoms with Crippen LogP contribution >= 0.6 is 0 Å². The summed E-state index contributed by atoms with van der Waals surface area (Å²) in [6, 6.07) is 8.84. The zero-order valence-corrected chi connectivity index (χ0v) is 16.8. The van der Waals surface area contributed by atoms with Crippen molar-refractivity contribution in [1.29, 1.82) is 0 Å². The maximum atomic E-state index is 12.7. The number of nitrogens with one attached hydrogen (secondary N) is 1. The van der Waals surface area contributed by atoms with E-state index in [2.05, 4.69) is 9.62 Å². The molecule has 5 nitrogen and oxygen atoms in total. The highest BCUT2D eigenvalue weighted by molar-refractivity contribution is 7.92. The van der Waals surface area contributed by atoms with E-state index in [4.69, 9.17) is 4.74 Å². The average molecular weight is 428 g/mol. The third kappa shape index (κ3) is 5.49. The lowest BCUT2D eigenvalue weighted by molar-refractivity contribution is -0.137. The van der Waals surface area contributed by atoms with E-state index < -0.39 is 21.8 Å². The Morgan fingerprint density at radius 2 is 1.69 bits per heavy atom. The van der Waals surface area contributed by atoms with Crippen molar-refractivity contribution in [3.8, 4) is 0 Å². The zero-order valence-electron chi connectivity index (χ0n) is 16.0. The second-order valence-corrected chi connectivity index (χ2v) is 8.63. The highest BCUT2D eigenvalue weighted by atomic mass is 32.2. The van der Waals surface area contributed by atoms with E-state index in [9.17, 15) is 21.6 Å². The van der Waals surface area contributed by atoms with Crippen LogP contribution in [0, 0.1) is 0 Å². The topological polar surface area (TPSA) is 58.6 Å². The van der Waals surface area contributed by atoms with Crippen molar-refractivity contribution in [2.24, 2.45) is 0 Å². The first-order chi connectivity index (χ1) is 13.7. The molecule has 0 saturated heterocycles. The molecule has 1 heterocycles. The highest BCUT2D eigenvalue weighted by Crippen LogP contribution is 2.30. The van der Waals surface area contributed by atoms with Crippen molar-refractivity contribution in [2.45, 2.75) is 23.9 Å². The van der Waals surface area contributed by atoms with Crippen LogP contribution in [0.25, 0.3) is 0 Å². The maximum absolute atomic E-state index is 12.7. The maximum Gasteiger partial charge on any atom is 0.416 e. The van der Waals surface area contributed by atoms with Crippen LogP contribution in [0.4, 0.5) is 18.9 Å². The van der Waals surface area contributed by atoms with Crippen LogP contribution in [0.1, 0.15) is 16.7 Å². The number of methoxy groups -OCH3 is 1. The van der Waals surface area contributed by atoms with Gasteiger partial charge in [-0.05, 0) is 60.4 Å². The summed E-state index contributed by atoms with van der Waals surface area (Å²) in [7, 11) is -2.31. The Hall–Kier alpha value is -2.10. The molecule has 1 N–H and O–H groups in total. The number of sulfonamides is 1. The van der Waals surface area contributed by atoms with E-state index >= 15 is 0 Å². The van der Waals surface area contributed by atoms with E-state index in [1.54, 1.807) is 19.2 Å². The fraction of sp³-hybridized carbons (Fsp3) is 0.400. The number of hydrogen-bond donors (Lipinski definition) is 1. The van der Waals surface area contributed by atoms with Gasteiger partial charge >= 0.3 is 6.18 Å². The van der Waals surface area contributed by atoms with Crippen LogP contribution in [-0.2, 0) is 33.8 Å². The Morgan fingerprint density at radius 1 is 1.03 bits per heavy atom. The molecule has 0 spiro atoms. The number of fused-ring (bicyclic) bond motifs is 1. The highest BCUT2D eigenvalue weighted by Gasteiger charge is 2.30. The second kappa shape index (κ2) is 8.73. The number of halogens is 3. The van der Waals surface area contributed by atoms with Gasteiger partial charge in [0.2, 0.25) is 0 Å². The fourth-order valence-electron chi connectivity index (χ4n) is 3.32.